The molecule has 3 atom stereocenters. The molecule has 304 valence electrons. The van der Waals surface area contributed by atoms with E-state index in [0.717, 1.165) is 77.0 Å². The van der Waals surface area contributed by atoms with E-state index in [9.17, 15) is 19.4 Å². The fourth-order valence-corrected chi connectivity index (χ4v) is 5.07. The summed E-state index contributed by atoms with van der Waals surface area (Å²) < 4.78 is 33.1. The first-order valence-corrected chi connectivity index (χ1v) is 21.0. The summed E-state index contributed by atoms with van der Waals surface area (Å²) >= 11 is 0. The van der Waals surface area contributed by atoms with E-state index in [1.54, 1.807) is 6.08 Å². The number of rotatable bonds is 35. The highest BCUT2D eigenvalue weighted by Crippen LogP contribution is 2.43. The third-order valence-electron chi connectivity index (χ3n) is 7.18. The van der Waals surface area contributed by atoms with Gasteiger partial charge in [0.1, 0.15) is 12.2 Å². The number of aliphatic hydroxyl groups is 2. The average molecular weight is 773 g/mol. The normalized spacial score (nSPS) is 15.4. The van der Waals surface area contributed by atoms with Crippen LogP contribution in [0.3, 0.4) is 0 Å². The van der Waals surface area contributed by atoms with Gasteiger partial charge in [-0.05, 0) is 83.5 Å². The summed E-state index contributed by atoms with van der Waals surface area (Å²) in [5.74, 6) is -0.531. The van der Waals surface area contributed by atoms with Crippen LogP contribution in [0.5, 0.6) is 0 Å². The van der Waals surface area contributed by atoms with Gasteiger partial charge >= 0.3 is 13.8 Å². The van der Waals surface area contributed by atoms with Crippen molar-refractivity contribution in [1.29, 1.82) is 0 Å². The van der Waals surface area contributed by atoms with Crippen molar-refractivity contribution in [3.05, 3.63) is 122 Å². The first-order chi connectivity index (χ1) is 26.3. The van der Waals surface area contributed by atoms with Crippen molar-refractivity contribution < 1.29 is 43.0 Å². The zero-order valence-electron chi connectivity index (χ0n) is 32.9. The van der Waals surface area contributed by atoms with Gasteiger partial charge in [0.15, 0.2) is 0 Å². The first-order valence-electron chi connectivity index (χ1n) is 19.5. The molecule has 0 aliphatic rings. The van der Waals surface area contributed by atoms with Crippen LogP contribution >= 0.6 is 7.82 Å². The molecule has 0 saturated carbocycles. The molecule has 0 fully saturated rings. The Morgan fingerprint density at radius 2 is 0.981 bits per heavy atom. The molecule has 0 aromatic rings. The van der Waals surface area contributed by atoms with Crippen LogP contribution in [0.15, 0.2) is 122 Å². The van der Waals surface area contributed by atoms with Crippen LogP contribution < -0.4 is 0 Å². The highest BCUT2D eigenvalue weighted by atomic mass is 31.2. The SMILES string of the molecule is CC/C=C\C/C=C\C/C=C\C/C=C\C/C=C\CCCCOCC(COP(=O)(O)OCC(O)CO)OC(=O)C/C=C\C/C=C\C/C=C\C/C=C\C/C=C\CC. The number of aliphatic hydroxyl groups excluding tert-OH is 2. The molecule has 0 rings (SSSR count). The largest absolute Gasteiger partial charge is 0.472 e. The topological polar surface area (TPSA) is 132 Å². The van der Waals surface area contributed by atoms with Crippen LogP contribution in [-0.4, -0.2) is 66.3 Å². The van der Waals surface area contributed by atoms with E-state index in [2.05, 4.69) is 117 Å². The fraction of sp³-hybridized carbons (Fsp3) is 0.523. The molecule has 0 amide bonds. The summed E-state index contributed by atoms with van der Waals surface area (Å²) in [6, 6.07) is 0. The standard InChI is InChI=1S/C44H69O9P/c1-3-5-7-9-11-13-15-17-19-20-21-23-25-27-29-31-33-35-37-50-40-43(41-52-54(48,49)51-39-42(46)38-45)53-44(47)36-34-32-30-28-26-24-22-18-16-14-12-10-8-6-4-2/h5-8,11-14,17-19,21-23,26-29,32,34,42-43,45-46H,3-4,9-10,15-16,20,24-25,30-31,33,35-41H2,1-2H3,(H,48,49)/b7-5-,8-6-,13-11-,14-12-,19-17-,22-18-,23-21-,28-26-,29-27-,34-32-. The Hall–Kier alpha value is -3.14. The van der Waals surface area contributed by atoms with E-state index >= 15 is 0 Å². The van der Waals surface area contributed by atoms with Crippen LogP contribution in [0.25, 0.3) is 0 Å². The lowest BCUT2D eigenvalue weighted by molar-refractivity contribution is -0.153. The fourth-order valence-electron chi connectivity index (χ4n) is 4.28. The smallest absolute Gasteiger partial charge is 0.457 e. The van der Waals surface area contributed by atoms with Crippen molar-refractivity contribution in [3.63, 3.8) is 0 Å². The Bertz CT molecular complexity index is 1240. The van der Waals surface area contributed by atoms with Crippen LogP contribution in [-0.2, 0) is 27.9 Å². The number of phosphoric ester groups is 1. The molecule has 0 saturated heterocycles. The number of unbranched alkanes of at least 4 members (excludes halogenated alkanes) is 2. The number of hydrogen-bond donors (Lipinski definition) is 3. The van der Waals surface area contributed by atoms with Crippen molar-refractivity contribution in [3.8, 4) is 0 Å². The minimum atomic E-state index is -4.56. The molecule has 0 aromatic heterocycles. The Morgan fingerprint density at radius 3 is 1.43 bits per heavy atom. The Labute approximate surface area is 326 Å². The second-order valence-electron chi connectivity index (χ2n) is 12.2. The number of carbonyl (C=O) groups excluding carboxylic acids is 1. The zero-order chi connectivity index (χ0) is 39.6. The van der Waals surface area contributed by atoms with E-state index < -0.39 is 45.8 Å². The lowest BCUT2D eigenvalue weighted by atomic mass is 10.2. The predicted octanol–water partition coefficient (Wildman–Crippen LogP) is 10.5. The zero-order valence-corrected chi connectivity index (χ0v) is 33.8. The van der Waals surface area contributed by atoms with Crippen molar-refractivity contribution in [2.24, 2.45) is 0 Å². The molecular formula is C44H69O9P. The van der Waals surface area contributed by atoms with Crippen molar-refractivity contribution in [1.82, 2.24) is 0 Å². The van der Waals surface area contributed by atoms with Crippen LogP contribution in [0.2, 0.25) is 0 Å². The predicted molar refractivity (Wildman–Crippen MR) is 223 cm³/mol. The van der Waals surface area contributed by atoms with Crippen molar-refractivity contribution in [2.75, 3.05) is 33.0 Å². The molecule has 9 nitrogen and oxygen atoms in total. The lowest BCUT2D eigenvalue weighted by Gasteiger charge is -2.20. The van der Waals surface area contributed by atoms with Crippen molar-refractivity contribution in [2.45, 2.75) is 116 Å². The second-order valence-corrected chi connectivity index (χ2v) is 13.7. The number of esters is 1. The summed E-state index contributed by atoms with van der Waals surface area (Å²) in [6.45, 7) is 2.98. The molecule has 3 N–H and O–H groups in total. The molecule has 0 heterocycles. The van der Waals surface area contributed by atoms with E-state index in [1.807, 2.05) is 12.2 Å². The minimum Gasteiger partial charge on any atom is -0.457 e. The van der Waals surface area contributed by atoms with Crippen molar-refractivity contribution >= 4 is 13.8 Å². The third kappa shape index (κ3) is 38.6. The second kappa shape index (κ2) is 39.6. The van der Waals surface area contributed by atoms with Gasteiger partial charge in [0.05, 0.1) is 32.8 Å². The molecular weight excluding hydrogens is 703 g/mol. The number of hydrogen-bond acceptors (Lipinski definition) is 8. The highest BCUT2D eigenvalue weighted by Gasteiger charge is 2.26. The quantitative estimate of drug-likeness (QED) is 0.0249. The van der Waals surface area contributed by atoms with Gasteiger partial charge in [-0.15, -0.1) is 0 Å². The van der Waals surface area contributed by atoms with E-state index in [-0.39, 0.29) is 13.0 Å². The summed E-state index contributed by atoms with van der Waals surface area (Å²) in [6.07, 6.45) is 51.9. The van der Waals surface area contributed by atoms with Crippen LogP contribution in [0.4, 0.5) is 0 Å². The Morgan fingerprint density at radius 1 is 0.574 bits per heavy atom. The summed E-state index contributed by atoms with van der Waals surface area (Å²) in [7, 11) is -4.56. The minimum absolute atomic E-state index is 0.0211. The number of allylic oxidation sites excluding steroid dienone is 19. The molecule has 0 aromatic carbocycles. The molecule has 10 heteroatoms. The van der Waals surface area contributed by atoms with E-state index in [4.69, 9.17) is 23.6 Å². The maximum absolute atomic E-state index is 12.5. The molecule has 0 aliphatic carbocycles. The summed E-state index contributed by atoms with van der Waals surface area (Å²) in [4.78, 5) is 22.4. The van der Waals surface area contributed by atoms with Crippen LogP contribution in [0.1, 0.15) is 104 Å². The Balaban J connectivity index is 4.48. The average Bonchev–Trinajstić information content (AvgIpc) is 3.16. The first kappa shape index (κ1) is 50.9. The highest BCUT2D eigenvalue weighted by molar-refractivity contribution is 7.47. The van der Waals surface area contributed by atoms with Gasteiger partial charge in [-0.1, -0.05) is 135 Å². The number of carbonyl (C=O) groups is 1. The van der Waals surface area contributed by atoms with Gasteiger partial charge in [-0.25, -0.2) is 4.57 Å². The Kier molecular flexibility index (Phi) is 37.3. The number of phosphoric acid groups is 1. The van der Waals surface area contributed by atoms with E-state index in [0.29, 0.717) is 13.0 Å². The monoisotopic (exact) mass is 772 g/mol. The maximum Gasteiger partial charge on any atom is 0.472 e. The summed E-state index contributed by atoms with van der Waals surface area (Å²) in [5, 5.41) is 18.3. The molecule has 0 spiro atoms. The van der Waals surface area contributed by atoms with Gasteiger partial charge < -0.3 is 24.6 Å². The van der Waals surface area contributed by atoms with E-state index in [1.165, 1.54) is 0 Å². The van der Waals surface area contributed by atoms with Gasteiger partial charge in [0.2, 0.25) is 0 Å². The van der Waals surface area contributed by atoms with Gasteiger partial charge in [0, 0.05) is 6.61 Å². The van der Waals surface area contributed by atoms with Gasteiger partial charge in [-0.3, -0.25) is 13.8 Å². The van der Waals surface area contributed by atoms with Gasteiger partial charge in [0.25, 0.3) is 0 Å². The molecule has 0 aliphatic heterocycles. The van der Waals surface area contributed by atoms with Gasteiger partial charge in [-0.2, -0.15) is 0 Å². The summed E-state index contributed by atoms with van der Waals surface area (Å²) in [5.41, 5.74) is 0. The molecule has 54 heavy (non-hydrogen) atoms. The third-order valence-corrected chi connectivity index (χ3v) is 8.13. The lowest BCUT2D eigenvalue weighted by Crippen LogP contribution is -2.28. The molecule has 0 radical (unpaired) electrons. The maximum atomic E-state index is 12.5. The molecule has 0 bridgehead atoms. The van der Waals surface area contributed by atoms with Crippen LogP contribution in [0, 0.1) is 0 Å². The number of ether oxygens (including phenoxy) is 2. The molecule has 3 unspecified atom stereocenters.